The molecule has 8 heteroatoms. The number of hydrogen-bond acceptors (Lipinski definition) is 5. The number of sulfonamides is 1. The lowest BCUT2D eigenvalue weighted by molar-refractivity contribution is -0.122. The molecule has 1 heterocycles. The van der Waals surface area contributed by atoms with Crippen LogP contribution in [0.1, 0.15) is 19.8 Å². The smallest absolute Gasteiger partial charge is 0.243 e. The fraction of sp³-hybridized carbons (Fsp3) is 0.562. The third-order valence-electron chi connectivity index (χ3n) is 3.92. The van der Waals surface area contributed by atoms with Gasteiger partial charge in [-0.25, -0.2) is 8.42 Å². The SMILES string of the molecule is COc1cccc(N([C@@H](C)C(=O)NC[C@H]2CCCO2)S(C)(=O)=O)c1. The fourth-order valence-electron chi connectivity index (χ4n) is 2.72. The molecule has 1 aromatic carbocycles. The van der Waals surface area contributed by atoms with Crippen molar-refractivity contribution >= 4 is 21.6 Å². The summed E-state index contributed by atoms with van der Waals surface area (Å²) in [6.07, 6.45) is 2.97. The van der Waals surface area contributed by atoms with E-state index in [9.17, 15) is 13.2 Å². The minimum Gasteiger partial charge on any atom is -0.497 e. The average Bonchev–Trinajstić information content (AvgIpc) is 3.05. The first-order valence-corrected chi connectivity index (χ1v) is 9.70. The zero-order valence-electron chi connectivity index (χ0n) is 14.2. The maximum Gasteiger partial charge on any atom is 0.243 e. The molecule has 1 saturated heterocycles. The number of hydrogen-bond donors (Lipinski definition) is 1. The number of nitrogens with zero attached hydrogens (tertiary/aromatic N) is 1. The third kappa shape index (κ3) is 4.61. The highest BCUT2D eigenvalue weighted by Crippen LogP contribution is 2.25. The first kappa shape index (κ1) is 18.5. The van der Waals surface area contributed by atoms with Crippen molar-refractivity contribution in [3.8, 4) is 5.75 Å². The molecule has 24 heavy (non-hydrogen) atoms. The van der Waals surface area contributed by atoms with E-state index in [4.69, 9.17) is 9.47 Å². The normalized spacial score (nSPS) is 18.9. The van der Waals surface area contributed by atoms with E-state index >= 15 is 0 Å². The van der Waals surface area contributed by atoms with Crippen molar-refractivity contribution < 1.29 is 22.7 Å². The molecule has 1 aromatic rings. The first-order chi connectivity index (χ1) is 11.3. The summed E-state index contributed by atoms with van der Waals surface area (Å²) >= 11 is 0. The molecule has 0 radical (unpaired) electrons. The molecule has 0 aromatic heterocycles. The van der Waals surface area contributed by atoms with E-state index in [1.165, 1.54) is 7.11 Å². The molecule has 0 aliphatic carbocycles. The van der Waals surface area contributed by atoms with E-state index in [1.807, 2.05) is 0 Å². The van der Waals surface area contributed by atoms with E-state index in [-0.39, 0.29) is 12.0 Å². The van der Waals surface area contributed by atoms with Gasteiger partial charge in [0.05, 0.1) is 25.2 Å². The topological polar surface area (TPSA) is 84.9 Å². The van der Waals surface area contributed by atoms with Gasteiger partial charge in [-0.1, -0.05) is 6.07 Å². The maximum atomic E-state index is 12.4. The molecule has 0 spiro atoms. The van der Waals surface area contributed by atoms with Crippen LogP contribution >= 0.6 is 0 Å². The van der Waals surface area contributed by atoms with E-state index < -0.39 is 16.1 Å². The van der Waals surface area contributed by atoms with Gasteiger partial charge in [0.1, 0.15) is 11.8 Å². The van der Waals surface area contributed by atoms with Crippen LogP contribution in [-0.2, 0) is 19.6 Å². The molecular formula is C16H24N2O5S. The van der Waals surface area contributed by atoms with Crippen molar-refractivity contribution in [2.24, 2.45) is 0 Å². The maximum absolute atomic E-state index is 12.4. The Balaban J connectivity index is 2.15. The molecule has 1 aliphatic rings. The lowest BCUT2D eigenvalue weighted by Gasteiger charge is -2.28. The number of ether oxygens (including phenoxy) is 2. The highest BCUT2D eigenvalue weighted by molar-refractivity contribution is 7.92. The van der Waals surface area contributed by atoms with Crippen LogP contribution in [0, 0.1) is 0 Å². The van der Waals surface area contributed by atoms with Crippen LogP contribution in [0.3, 0.4) is 0 Å². The highest BCUT2D eigenvalue weighted by atomic mass is 32.2. The van der Waals surface area contributed by atoms with Crippen molar-refractivity contribution in [2.45, 2.75) is 31.9 Å². The fourth-order valence-corrected chi connectivity index (χ4v) is 3.89. The van der Waals surface area contributed by atoms with Crippen LogP contribution in [-0.4, -0.2) is 53.0 Å². The summed E-state index contributed by atoms with van der Waals surface area (Å²) < 4.78 is 36.1. The quantitative estimate of drug-likeness (QED) is 0.792. The molecule has 1 amide bonds. The summed E-state index contributed by atoms with van der Waals surface area (Å²) in [5.41, 5.74) is 0.386. The van der Waals surface area contributed by atoms with E-state index in [0.29, 0.717) is 24.6 Å². The van der Waals surface area contributed by atoms with Crippen molar-refractivity contribution in [1.29, 1.82) is 0 Å². The standard InChI is InChI=1S/C16H24N2O5S/c1-12(16(19)17-11-15-8-5-9-23-15)18(24(3,20)21)13-6-4-7-14(10-13)22-2/h4,6-7,10,12,15H,5,8-9,11H2,1-3H3,(H,17,19)/t12-,15+/m0/s1. The van der Waals surface area contributed by atoms with Crippen LogP contribution in [0.15, 0.2) is 24.3 Å². The summed E-state index contributed by atoms with van der Waals surface area (Å²) in [6, 6.07) is 5.74. The van der Waals surface area contributed by atoms with Crippen molar-refractivity contribution in [3.63, 3.8) is 0 Å². The van der Waals surface area contributed by atoms with Crippen molar-refractivity contribution in [2.75, 3.05) is 30.8 Å². The van der Waals surface area contributed by atoms with E-state index in [1.54, 1.807) is 31.2 Å². The summed E-state index contributed by atoms with van der Waals surface area (Å²) in [7, 11) is -2.14. The molecule has 0 unspecified atom stereocenters. The summed E-state index contributed by atoms with van der Waals surface area (Å²) in [5.74, 6) is 0.159. The minimum atomic E-state index is -3.64. The summed E-state index contributed by atoms with van der Waals surface area (Å²) in [6.45, 7) is 2.65. The molecule has 7 nitrogen and oxygen atoms in total. The van der Waals surface area contributed by atoms with Crippen LogP contribution < -0.4 is 14.4 Å². The van der Waals surface area contributed by atoms with Crippen LogP contribution in [0.5, 0.6) is 5.75 Å². The number of rotatable bonds is 7. The van der Waals surface area contributed by atoms with Gasteiger partial charge >= 0.3 is 0 Å². The van der Waals surface area contributed by atoms with Gasteiger partial charge in [-0.3, -0.25) is 9.10 Å². The van der Waals surface area contributed by atoms with Gasteiger partial charge in [0.25, 0.3) is 0 Å². The Kier molecular flexibility index (Phi) is 6.06. The average molecular weight is 356 g/mol. The Morgan fingerprint density at radius 3 is 2.83 bits per heavy atom. The number of amides is 1. The summed E-state index contributed by atoms with van der Waals surface area (Å²) in [4.78, 5) is 12.4. The molecule has 1 aliphatic heterocycles. The monoisotopic (exact) mass is 356 g/mol. The number of methoxy groups -OCH3 is 1. The van der Waals surface area contributed by atoms with E-state index in [0.717, 1.165) is 23.4 Å². The molecule has 1 fully saturated rings. The zero-order valence-corrected chi connectivity index (χ0v) is 15.0. The third-order valence-corrected chi connectivity index (χ3v) is 5.17. The lowest BCUT2D eigenvalue weighted by atomic mass is 10.2. The largest absolute Gasteiger partial charge is 0.497 e. The van der Waals surface area contributed by atoms with Gasteiger partial charge in [0.2, 0.25) is 15.9 Å². The van der Waals surface area contributed by atoms with Gasteiger partial charge in [-0.15, -0.1) is 0 Å². The second-order valence-electron chi connectivity index (χ2n) is 5.82. The highest BCUT2D eigenvalue weighted by Gasteiger charge is 2.30. The Hall–Kier alpha value is -1.80. The van der Waals surface area contributed by atoms with Gasteiger partial charge in [0, 0.05) is 19.2 Å². The first-order valence-electron chi connectivity index (χ1n) is 7.85. The molecule has 2 rings (SSSR count). The number of benzene rings is 1. The number of carbonyl (C=O) groups is 1. The second kappa shape index (κ2) is 7.85. The van der Waals surface area contributed by atoms with Crippen LogP contribution in [0.25, 0.3) is 0 Å². The number of nitrogens with one attached hydrogen (secondary N) is 1. The van der Waals surface area contributed by atoms with Crippen molar-refractivity contribution in [3.05, 3.63) is 24.3 Å². The number of carbonyl (C=O) groups excluding carboxylic acids is 1. The van der Waals surface area contributed by atoms with Gasteiger partial charge in [-0.2, -0.15) is 0 Å². The van der Waals surface area contributed by atoms with Gasteiger partial charge in [-0.05, 0) is 31.9 Å². The Morgan fingerprint density at radius 2 is 2.25 bits per heavy atom. The lowest BCUT2D eigenvalue weighted by Crippen LogP contribution is -2.49. The Bertz CT molecular complexity index is 671. The molecule has 2 atom stereocenters. The zero-order chi connectivity index (χ0) is 17.7. The molecule has 134 valence electrons. The molecule has 0 saturated carbocycles. The van der Waals surface area contributed by atoms with Gasteiger partial charge in [0.15, 0.2) is 0 Å². The van der Waals surface area contributed by atoms with Crippen LogP contribution in [0.4, 0.5) is 5.69 Å². The predicted octanol–water partition coefficient (Wildman–Crippen LogP) is 1.14. The number of anilines is 1. The predicted molar refractivity (Wildman–Crippen MR) is 91.8 cm³/mol. The second-order valence-corrected chi connectivity index (χ2v) is 7.68. The Labute approximate surface area is 143 Å². The van der Waals surface area contributed by atoms with Gasteiger partial charge < -0.3 is 14.8 Å². The van der Waals surface area contributed by atoms with Crippen LogP contribution in [0.2, 0.25) is 0 Å². The van der Waals surface area contributed by atoms with Crippen molar-refractivity contribution in [1.82, 2.24) is 5.32 Å². The molecular weight excluding hydrogens is 332 g/mol. The van der Waals surface area contributed by atoms with E-state index in [2.05, 4.69) is 5.32 Å². The Morgan fingerprint density at radius 1 is 1.50 bits per heavy atom. The summed E-state index contributed by atoms with van der Waals surface area (Å²) in [5, 5.41) is 2.77. The molecule has 1 N–H and O–H groups in total. The minimum absolute atomic E-state index is 0.00431. The molecule has 0 bridgehead atoms.